The molecule has 0 aliphatic rings. The third-order valence-electron chi connectivity index (χ3n) is 0. The molecular formula is H16CoO8. The predicted octanol–water partition coefficient (Wildman–Crippen LogP) is -6.60. The molecule has 0 bridgehead atoms. The number of hydrogen-bond donors (Lipinski definition) is 0. The van der Waals surface area contributed by atoms with Crippen molar-refractivity contribution in [2.24, 2.45) is 0 Å². The van der Waals surface area contributed by atoms with Crippen LogP contribution in [-0.4, -0.2) is 43.8 Å². The van der Waals surface area contributed by atoms with E-state index in [-0.39, 0.29) is 60.6 Å². The Morgan fingerprint density at radius 1 is 0.222 bits per heavy atom. The maximum atomic E-state index is 0. The fourth-order valence-electron chi connectivity index (χ4n) is 0. The molecule has 0 aliphatic carbocycles. The van der Waals surface area contributed by atoms with Gasteiger partial charge in [0, 0.05) is 16.8 Å². The minimum atomic E-state index is 0. The van der Waals surface area contributed by atoms with E-state index in [1.807, 2.05) is 0 Å². The molecule has 0 saturated heterocycles. The zero-order valence-electron chi connectivity index (χ0n) is 4.33. The van der Waals surface area contributed by atoms with Crippen molar-refractivity contribution in [1.82, 2.24) is 0 Å². The zero-order valence-corrected chi connectivity index (χ0v) is 5.37. The SMILES string of the molecule is O.O.O.O.O.O.O.O.[Co]. The molecule has 0 heterocycles. The first-order valence-electron chi connectivity index (χ1n) is 0. The van der Waals surface area contributed by atoms with Crippen LogP contribution in [-0.2, 0) is 16.8 Å². The summed E-state index contributed by atoms with van der Waals surface area (Å²) in [5.74, 6) is 0. The van der Waals surface area contributed by atoms with Crippen molar-refractivity contribution in [2.45, 2.75) is 0 Å². The molecule has 0 amide bonds. The van der Waals surface area contributed by atoms with Gasteiger partial charge in [-0.05, 0) is 0 Å². The quantitative estimate of drug-likeness (QED) is 0.355. The van der Waals surface area contributed by atoms with E-state index in [4.69, 9.17) is 0 Å². The molecule has 0 aromatic rings. The normalized spacial score (nSPS) is 0. The first-order valence-corrected chi connectivity index (χ1v) is 0. The van der Waals surface area contributed by atoms with Crippen LogP contribution in [0.2, 0.25) is 0 Å². The maximum Gasteiger partial charge on any atom is 0 e. The first kappa shape index (κ1) is 17700. The molecule has 9 heteroatoms. The first-order chi connectivity index (χ1) is 0. The van der Waals surface area contributed by atoms with Crippen LogP contribution in [0, 0.1) is 0 Å². The molecule has 0 spiro atoms. The van der Waals surface area contributed by atoms with Gasteiger partial charge < -0.3 is 43.8 Å². The third-order valence-corrected chi connectivity index (χ3v) is 0. The summed E-state index contributed by atoms with van der Waals surface area (Å²) in [6.45, 7) is 0. The third kappa shape index (κ3) is 9010. The van der Waals surface area contributed by atoms with Gasteiger partial charge in [0.25, 0.3) is 0 Å². The Bertz CT molecular complexity index is 4.53. The largest absolute Gasteiger partial charge is 0.412 e. The summed E-state index contributed by atoms with van der Waals surface area (Å²) < 4.78 is 0. The van der Waals surface area contributed by atoms with Gasteiger partial charge in [0.2, 0.25) is 0 Å². The van der Waals surface area contributed by atoms with Crippen molar-refractivity contribution in [2.75, 3.05) is 0 Å². The topological polar surface area (TPSA) is 252 Å². The van der Waals surface area contributed by atoms with Crippen LogP contribution in [0.4, 0.5) is 0 Å². The molecule has 16 N–H and O–H groups in total. The molecule has 0 unspecified atom stereocenters. The van der Waals surface area contributed by atoms with Gasteiger partial charge in [-0.1, -0.05) is 0 Å². The summed E-state index contributed by atoms with van der Waals surface area (Å²) >= 11 is 0. The van der Waals surface area contributed by atoms with E-state index in [1.165, 1.54) is 0 Å². The van der Waals surface area contributed by atoms with E-state index in [2.05, 4.69) is 0 Å². The van der Waals surface area contributed by atoms with Gasteiger partial charge in [-0.2, -0.15) is 0 Å². The molecule has 0 aromatic carbocycles. The predicted molar refractivity (Wildman–Crippen MR) is 28.9 cm³/mol. The Hall–Kier alpha value is 0.186. The summed E-state index contributed by atoms with van der Waals surface area (Å²) in [7, 11) is 0. The number of rotatable bonds is 0. The summed E-state index contributed by atoms with van der Waals surface area (Å²) in [5, 5.41) is 0. The van der Waals surface area contributed by atoms with Crippen molar-refractivity contribution in [1.29, 1.82) is 0 Å². The molecule has 0 aromatic heterocycles. The maximum absolute atomic E-state index is 0. The minimum absolute atomic E-state index is 0. The molecule has 8 nitrogen and oxygen atoms in total. The van der Waals surface area contributed by atoms with Crippen LogP contribution in [0.3, 0.4) is 0 Å². The van der Waals surface area contributed by atoms with Crippen molar-refractivity contribution in [3.63, 3.8) is 0 Å². The van der Waals surface area contributed by atoms with Crippen molar-refractivity contribution < 1.29 is 60.6 Å². The van der Waals surface area contributed by atoms with Crippen molar-refractivity contribution >= 4 is 0 Å². The van der Waals surface area contributed by atoms with Crippen LogP contribution in [0.25, 0.3) is 0 Å². The van der Waals surface area contributed by atoms with Gasteiger partial charge in [-0.3, -0.25) is 0 Å². The second-order valence-electron chi connectivity index (χ2n) is 0. The fraction of sp³-hybridized carbons (Fsp3) is 0. The molecule has 0 atom stereocenters. The molecule has 0 aliphatic heterocycles. The molecular weight excluding hydrogens is 187 g/mol. The van der Waals surface area contributed by atoms with Gasteiger partial charge in [-0.15, -0.1) is 0 Å². The van der Waals surface area contributed by atoms with Crippen LogP contribution in [0.5, 0.6) is 0 Å². The Morgan fingerprint density at radius 2 is 0.222 bits per heavy atom. The molecule has 1 radical (unpaired) electrons. The van der Waals surface area contributed by atoms with Crippen LogP contribution in [0.15, 0.2) is 0 Å². The van der Waals surface area contributed by atoms with Gasteiger partial charge >= 0.3 is 0 Å². The molecule has 9 heavy (non-hydrogen) atoms. The molecule has 0 fully saturated rings. The number of hydrogen-bond acceptors (Lipinski definition) is 0. The second kappa shape index (κ2) is 12200. The van der Waals surface area contributed by atoms with Crippen LogP contribution in [0.1, 0.15) is 0 Å². The zero-order chi connectivity index (χ0) is 0. The Kier molecular flexibility index (Phi) is 23900000. The Morgan fingerprint density at radius 3 is 0.222 bits per heavy atom. The molecule has 73 valence electrons. The van der Waals surface area contributed by atoms with E-state index in [9.17, 15) is 0 Å². The van der Waals surface area contributed by atoms with E-state index in [1.54, 1.807) is 0 Å². The van der Waals surface area contributed by atoms with Gasteiger partial charge in [-0.25, -0.2) is 0 Å². The average Bonchev–Trinajstić information content (AvgIpc) is 0. The van der Waals surface area contributed by atoms with Crippen molar-refractivity contribution in [3.8, 4) is 0 Å². The van der Waals surface area contributed by atoms with Gasteiger partial charge in [0.15, 0.2) is 0 Å². The molecule has 0 rings (SSSR count). The monoisotopic (exact) mass is 203 g/mol. The Balaban J connectivity index is 0. The van der Waals surface area contributed by atoms with E-state index in [0.29, 0.717) is 0 Å². The standard InChI is InChI=1S/Co.8H2O/h;8*1H2. The van der Waals surface area contributed by atoms with E-state index >= 15 is 0 Å². The summed E-state index contributed by atoms with van der Waals surface area (Å²) in [6.07, 6.45) is 0. The van der Waals surface area contributed by atoms with Gasteiger partial charge in [0.05, 0.1) is 0 Å². The smallest absolute Gasteiger partial charge is 0 e. The average molecular weight is 203 g/mol. The van der Waals surface area contributed by atoms with Crippen molar-refractivity contribution in [3.05, 3.63) is 0 Å². The van der Waals surface area contributed by atoms with E-state index < -0.39 is 0 Å². The second-order valence-corrected chi connectivity index (χ2v) is 0. The summed E-state index contributed by atoms with van der Waals surface area (Å²) in [5.41, 5.74) is 0. The molecule has 0 saturated carbocycles. The minimum Gasteiger partial charge on any atom is -0.412 e. The van der Waals surface area contributed by atoms with Crippen LogP contribution >= 0.6 is 0 Å². The summed E-state index contributed by atoms with van der Waals surface area (Å²) in [4.78, 5) is 0. The fourth-order valence-corrected chi connectivity index (χ4v) is 0. The van der Waals surface area contributed by atoms with E-state index in [0.717, 1.165) is 0 Å². The summed E-state index contributed by atoms with van der Waals surface area (Å²) in [6, 6.07) is 0. The van der Waals surface area contributed by atoms with Crippen LogP contribution < -0.4 is 0 Å². The Labute approximate surface area is 61.5 Å². The van der Waals surface area contributed by atoms with Gasteiger partial charge in [0.1, 0.15) is 0 Å².